The Morgan fingerprint density at radius 3 is 2.22 bits per heavy atom. The van der Waals surface area contributed by atoms with Gasteiger partial charge in [-0.1, -0.05) is 55.5 Å². The largest absolute Gasteiger partial charge is 0.354 e. The van der Waals surface area contributed by atoms with E-state index in [1.165, 1.54) is 21.3 Å². The van der Waals surface area contributed by atoms with Crippen LogP contribution in [0.25, 0.3) is 0 Å². The van der Waals surface area contributed by atoms with Crippen LogP contribution in [0.2, 0.25) is 0 Å². The Kier molecular flexibility index (Phi) is 11.5. The van der Waals surface area contributed by atoms with Crippen molar-refractivity contribution in [2.45, 2.75) is 59.0 Å². The first-order valence-electron chi connectivity index (χ1n) is 13.9. The summed E-state index contributed by atoms with van der Waals surface area (Å²) in [5.74, 6) is -0.935. The third-order valence-electron chi connectivity index (χ3n) is 7.02. The standard InChI is InChI=1S/C32H40FN3O4S/c1-5-19-34-32(38)30(22-26-10-7-6-8-11-26)35(23-27-14-16-28(33)17-15-27)31(37)12-9-20-36(41(4,39)40)29-18-13-24(2)25(3)21-29/h6-8,10-11,13-18,21,30H,5,9,12,19-20,22-23H2,1-4H3,(H,34,38)/t30-/m1/s1. The Bertz CT molecular complexity index is 1410. The van der Waals surface area contributed by atoms with Crippen LogP contribution in [-0.2, 0) is 32.6 Å². The average molecular weight is 582 g/mol. The van der Waals surface area contributed by atoms with E-state index in [0.29, 0.717) is 24.2 Å². The Balaban J connectivity index is 1.87. The van der Waals surface area contributed by atoms with E-state index in [4.69, 9.17) is 0 Å². The lowest BCUT2D eigenvalue weighted by Gasteiger charge is -2.32. The maximum absolute atomic E-state index is 13.8. The summed E-state index contributed by atoms with van der Waals surface area (Å²) >= 11 is 0. The summed E-state index contributed by atoms with van der Waals surface area (Å²) in [5, 5.41) is 2.93. The van der Waals surface area contributed by atoms with Crippen molar-refractivity contribution in [1.29, 1.82) is 0 Å². The number of hydrogen-bond donors (Lipinski definition) is 1. The van der Waals surface area contributed by atoms with E-state index in [0.717, 1.165) is 29.4 Å². The summed E-state index contributed by atoms with van der Waals surface area (Å²) in [6.45, 7) is 6.54. The Hall–Kier alpha value is -3.72. The predicted octanol–water partition coefficient (Wildman–Crippen LogP) is 5.16. The molecular formula is C32H40FN3O4S. The van der Waals surface area contributed by atoms with E-state index in [1.807, 2.05) is 63.2 Å². The molecule has 0 fully saturated rings. The monoisotopic (exact) mass is 581 g/mol. The molecule has 0 aromatic heterocycles. The first kappa shape index (κ1) is 31.8. The van der Waals surface area contributed by atoms with Crippen LogP contribution in [0.15, 0.2) is 72.8 Å². The number of sulfonamides is 1. The minimum absolute atomic E-state index is 0.0321. The van der Waals surface area contributed by atoms with Crippen LogP contribution in [0.1, 0.15) is 48.4 Å². The molecule has 1 N–H and O–H groups in total. The lowest BCUT2D eigenvalue weighted by Crippen LogP contribution is -2.50. The summed E-state index contributed by atoms with van der Waals surface area (Å²) in [4.78, 5) is 28.7. The first-order chi connectivity index (χ1) is 19.5. The van der Waals surface area contributed by atoms with Gasteiger partial charge in [-0.3, -0.25) is 13.9 Å². The van der Waals surface area contributed by atoms with Crippen molar-refractivity contribution in [3.05, 3.63) is 101 Å². The smallest absolute Gasteiger partial charge is 0.243 e. The zero-order valence-corrected chi connectivity index (χ0v) is 25.1. The molecule has 0 bridgehead atoms. The molecule has 41 heavy (non-hydrogen) atoms. The molecule has 2 amide bonds. The molecule has 0 aliphatic carbocycles. The molecule has 1 atom stereocenters. The number of carbonyl (C=O) groups is 2. The van der Waals surface area contributed by atoms with E-state index in [2.05, 4.69) is 5.32 Å². The third kappa shape index (κ3) is 9.42. The molecule has 0 heterocycles. The number of aryl methyl sites for hydroxylation is 2. The minimum Gasteiger partial charge on any atom is -0.354 e. The molecule has 0 unspecified atom stereocenters. The molecule has 0 spiro atoms. The number of halogens is 1. The van der Waals surface area contributed by atoms with Gasteiger partial charge >= 0.3 is 0 Å². The zero-order chi connectivity index (χ0) is 30.0. The van der Waals surface area contributed by atoms with Gasteiger partial charge in [0.1, 0.15) is 11.9 Å². The summed E-state index contributed by atoms with van der Waals surface area (Å²) in [6.07, 6.45) is 2.49. The van der Waals surface area contributed by atoms with Crippen LogP contribution in [-0.4, -0.2) is 50.5 Å². The number of amides is 2. The molecule has 0 aliphatic heterocycles. The fourth-order valence-corrected chi connectivity index (χ4v) is 5.55. The van der Waals surface area contributed by atoms with Crippen molar-refractivity contribution in [2.75, 3.05) is 23.7 Å². The van der Waals surface area contributed by atoms with Gasteiger partial charge in [-0.05, 0) is 73.2 Å². The Labute approximate surface area is 243 Å². The molecule has 0 radical (unpaired) electrons. The Morgan fingerprint density at radius 1 is 0.927 bits per heavy atom. The highest BCUT2D eigenvalue weighted by Crippen LogP contribution is 2.23. The summed E-state index contributed by atoms with van der Waals surface area (Å²) in [5.41, 5.74) is 4.17. The second-order valence-corrected chi connectivity index (χ2v) is 12.3. The van der Waals surface area contributed by atoms with Crippen molar-refractivity contribution < 1.29 is 22.4 Å². The van der Waals surface area contributed by atoms with Gasteiger partial charge in [-0.15, -0.1) is 0 Å². The third-order valence-corrected chi connectivity index (χ3v) is 8.21. The predicted molar refractivity (Wildman–Crippen MR) is 162 cm³/mol. The van der Waals surface area contributed by atoms with Crippen LogP contribution >= 0.6 is 0 Å². The number of rotatable bonds is 14. The number of hydrogen-bond acceptors (Lipinski definition) is 4. The summed E-state index contributed by atoms with van der Waals surface area (Å²) in [7, 11) is -3.59. The lowest BCUT2D eigenvalue weighted by atomic mass is 10.0. The lowest BCUT2D eigenvalue weighted by molar-refractivity contribution is -0.141. The van der Waals surface area contributed by atoms with Gasteiger partial charge in [0.05, 0.1) is 11.9 Å². The van der Waals surface area contributed by atoms with Crippen molar-refractivity contribution in [3.8, 4) is 0 Å². The molecule has 3 aromatic rings. The van der Waals surface area contributed by atoms with Gasteiger partial charge in [0, 0.05) is 32.5 Å². The fraction of sp³-hybridized carbons (Fsp3) is 0.375. The second kappa shape index (κ2) is 14.8. The molecule has 7 nitrogen and oxygen atoms in total. The van der Waals surface area contributed by atoms with Gasteiger partial charge in [0.15, 0.2) is 0 Å². The number of nitrogens with zero attached hydrogens (tertiary/aromatic N) is 2. The van der Waals surface area contributed by atoms with Crippen molar-refractivity contribution >= 4 is 27.5 Å². The highest BCUT2D eigenvalue weighted by Gasteiger charge is 2.30. The SMILES string of the molecule is CCCNC(=O)[C@@H](Cc1ccccc1)N(Cc1ccc(F)cc1)C(=O)CCCN(c1ccc(C)c(C)c1)S(C)(=O)=O. The summed E-state index contributed by atoms with van der Waals surface area (Å²) in [6, 6.07) is 20.0. The van der Waals surface area contributed by atoms with E-state index < -0.39 is 16.1 Å². The number of benzene rings is 3. The van der Waals surface area contributed by atoms with Crippen molar-refractivity contribution in [1.82, 2.24) is 10.2 Å². The molecule has 220 valence electrons. The minimum atomic E-state index is -3.59. The van der Waals surface area contributed by atoms with Crippen LogP contribution in [0.4, 0.5) is 10.1 Å². The van der Waals surface area contributed by atoms with Gasteiger partial charge in [-0.2, -0.15) is 0 Å². The summed E-state index contributed by atoms with van der Waals surface area (Å²) < 4.78 is 40.2. The topological polar surface area (TPSA) is 86.8 Å². The van der Waals surface area contributed by atoms with E-state index in [-0.39, 0.29) is 43.6 Å². The van der Waals surface area contributed by atoms with Gasteiger partial charge in [0.25, 0.3) is 0 Å². The number of nitrogens with one attached hydrogen (secondary N) is 1. The highest BCUT2D eigenvalue weighted by atomic mass is 32.2. The maximum Gasteiger partial charge on any atom is 0.243 e. The van der Waals surface area contributed by atoms with Gasteiger partial charge in [0.2, 0.25) is 21.8 Å². The highest BCUT2D eigenvalue weighted by molar-refractivity contribution is 7.92. The van der Waals surface area contributed by atoms with E-state index in [1.54, 1.807) is 18.2 Å². The quantitative estimate of drug-likeness (QED) is 0.285. The van der Waals surface area contributed by atoms with Crippen molar-refractivity contribution in [2.24, 2.45) is 0 Å². The van der Waals surface area contributed by atoms with Crippen LogP contribution < -0.4 is 9.62 Å². The normalized spacial score (nSPS) is 12.0. The number of anilines is 1. The van der Waals surface area contributed by atoms with Gasteiger partial charge in [-0.25, -0.2) is 12.8 Å². The fourth-order valence-electron chi connectivity index (χ4n) is 4.59. The molecule has 9 heteroatoms. The number of carbonyl (C=O) groups excluding carboxylic acids is 2. The van der Waals surface area contributed by atoms with Crippen LogP contribution in [0, 0.1) is 19.7 Å². The van der Waals surface area contributed by atoms with E-state index >= 15 is 0 Å². The Morgan fingerprint density at radius 2 is 1.61 bits per heavy atom. The molecule has 3 aromatic carbocycles. The van der Waals surface area contributed by atoms with E-state index in [9.17, 15) is 22.4 Å². The molecule has 0 saturated carbocycles. The zero-order valence-electron chi connectivity index (χ0n) is 24.3. The molecular weight excluding hydrogens is 541 g/mol. The first-order valence-corrected chi connectivity index (χ1v) is 15.7. The second-order valence-electron chi connectivity index (χ2n) is 10.4. The van der Waals surface area contributed by atoms with Gasteiger partial charge < -0.3 is 10.2 Å². The van der Waals surface area contributed by atoms with Crippen LogP contribution in [0.5, 0.6) is 0 Å². The molecule has 3 rings (SSSR count). The maximum atomic E-state index is 13.8. The van der Waals surface area contributed by atoms with Crippen LogP contribution in [0.3, 0.4) is 0 Å². The van der Waals surface area contributed by atoms with Crippen molar-refractivity contribution in [3.63, 3.8) is 0 Å². The molecule has 0 saturated heterocycles. The molecule has 0 aliphatic rings. The average Bonchev–Trinajstić information content (AvgIpc) is 2.94.